The first-order chi connectivity index (χ1) is 19.7. The molecule has 6 rings (SSSR count). The van der Waals surface area contributed by atoms with Crippen molar-refractivity contribution in [1.29, 1.82) is 0 Å². The van der Waals surface area contributed by atoms with Crippen LogP contribution >= 0.6 is 15.9 Å². The number of carbonyl (C=O) groups excluding carboxylic acids is 1. The number of aryl methyl sites for hydroxylation is 1. The van der Waals surface area contributed by atoms with Crippen molar-refractivity contribution < 1.29 is 19.0 Å². The van der Waals surface area contributed by atoms with Crippen molar-refractivity contribution in [3.05, 3.63) is 46.8 Å². The van der Waals surface area contributed by atoms with Crippen LogP contribution in [0.4, 0.5) is 10.6 Å². The summed E-state index contributed by atoms with van der Waals surface area (Å²) in [5.74, 6) is 2.18. The Bertz CT molecular complexity index is 1590. The van der Waals surface area contributed by atoms with Gasteiger partial charge in [0.1, 0.15) is 29.0 Å². The fourth-order valence-electron chi connectivity index (χ4n) is 5.44. The molecule has 11 heteroatoms. The van der Waals surface area contributed by atoms with Gasteiger partial charge in [0.2, 0.25) is 0 Å². The van der Waals surface area contributed by atoms with Crippen LogP contribution in [0.15, 0.2) is 41.3 Å². The number of piperazine rings is 1. The first-order valence-electron chi connectivity index (χ1n) is 14.1. The number of benzene rings is 2. The molecule has 2 aromatic heterocycles. The minimum atomic E-state index is -0.523. The van der Waals surface area contributed by atoms with Crippen LogP contribution in [0, 0.1) is 6.92 Å². The monoisotopic (exact) mass is 622 g/mol. The van der Waals surface area contributed by atoms with E-state index in [1.54, 1.807) is 11.2 Å². The number of carbonyl (C=O) groups is 1. The molecule has 2 fully saturated rings. The highest BCUT2D eigenvalue weighted by atomic mass is 79.9. The number of hydrogen-bond donors (Lipinski definition) is 0. The second kappa shape index (κ2) is 11.1. The first kappa shape index (κ1) is 27.7. The van der Waals surface area contributed by atoms with Crippen LogP contribution in [-0.4, -0.2) is 69.1 Å². The highest BCUT2D eigenvalue weighted by Crippen LogP contribution is 2.40. The lowest BCUT2D eigenvalue weighted by Gasteiger charge is -2.36. The van der Waals surface area contributed by atoms with Crippen molar-refractivity contribution in [3.8, 4) is 11.5 Å². The summed E-state index contributed by atoms with van der Waals surface area (Å²) < 4.78 is 21.0. The number of hydrogen-bond acceptors (Lipinski definition) is 8. The summed E-state index contributed by atoms with van der Waals surface area (Å²) in [6.07, 6.45) is 6.25. The number of halogens is 1. The molecule has 1 amide bonds. The Kier molecular flexibility index (Phi) is 7.50. The molecule has 0 aliphatic carbocycles. The van der Waals surface area contributed by atoms with Gasteiger partial charge < -0.3 is 24.0 Å². The molecule has 2 saturated heterocycles. The molecule has 2 aromatic carbocycles. The van der Waals surface area contributed by atoms with Gasteiger partial charge in [0.05, 0.1) is 17.1 Å². The predicted molar refractivity (Wildman–Crippen MR) is 161 cm³/mol. The third kappa shape index (κ3) is 5.70. The summed E-state index contributed by atoms with van der Waals surface area (Å²) in [6.45, 7) is 10.8. The van der Waals surface area contributed by atoms with Gasteiger partial charge in [-0.3, -0.25) is 0 Å². The summed E-state index contributed by atoms with van der Waals surface area (Å²) in [5, 5.41) is 6.49. The Balaban J connectivity index is 1.30. The average Bonchev–Trinajstić information content (AvgIpc) is 3.38. The molecule has 41 heavy (non-hydrogen) atoms. The van der Waals surface area contributed by atoms with Gasteiger partial charge in [0.15, 0.2) is 12.0 Å². The van der Waals surface area contributed by atoms with Gasteiger partial charge in [-0.1, -0.05) is 22.0 Å². The molecule has 0 radical (unpaired) electrons. The normalized spacial score (nSPS) is 18.2. The molecule has 10 nitrogen and oxygen atoms in total. The fourth-order valence-corrected chi connectivity index (χ4v) is 5.88. The molecule has 0 spiro atoms. The van der Waals surface area contributed by atoms with Crippen LogP contribution in [0.1, 0.15) is 51.8 Å². The zero-order valence-electron chi connectivity index (χ0n) is 23.9. The number of fused-ring (bicyclic) bond motifs is 2. The van der Waals surface area contributed by atoms with Crippen LogP contribution < -0.4 is 9.64 Å². The Morgan fingerprint density at radius 2 is 1.88 bits per heavy atom. The van der Waals surface area contributed by atoms with Crippen LogP contribution in [0.3, 0.4) is 0 Å². The molecule has 0 bridgehead atoms. The lowest BCUT2D eigenvalue weighted by molar-refractivity contribution is -0.0366. The van der Waals surface area contributed by atoms with E-state index >= 15 is 0 Å². The van der Waals surface area contributed by atoms with Gasteiger partial charge in [-0.05, 0) is 70.7 Å². The maximum absolute atomic E-state index is 12.6. The number of aromatic nitrogens is 4. The quantitative estimate of drug-likeness (QED) is 0.251. The largest absolute Gasteiger partial charge is 0.454 e. The van der Waals surface area contributed by atoms with E-state index in [1.807, 2.05) is 50.7 Å². The van der Waals surface area contributed by atoms with Gasteiger partial charge in [-0.15, -0.1) is 0 Å². The van der Waals surface area contributed by atoms with Crippen molar-refractivity contribution in [2.75, 3.05) is 37.7 Å². The van der Waals surface area contributed by atoms with E-state index in [9.17, 15) is 4.79 Å². The van der Waals surface area contributed by atoms with Crippen molar-refractivity contribution in [2.45, 2.75) is 58.8 Å². The standard InChI is InChI=1S/C30H35BrN6O4/c1-19-8-9-23-22(17-34-37(23)25-7-5-6-14-39-25)27(19)40-24-16-20(31)15-21-26(24)32-18-33-28(21)35-10-12-36(13-11-35)29(38)41-30(2,3)4/h8-9,15-18,25H,5-7,10-14H2,1-4H3. The second-order valence-corrected chi connectivity index (χ2v) is 12.5. The number of amides is 1. The molecule has 0 saturated carbocycles. The summed E-state index contributed by atoms with van der Waals surface area (Å²) in [5.41, 5.74) is 2.18. The first-order valence-corrected chi connectivity index (χ1v) is 14.9. The van der Waals surface area contributed by atoms with E-state index < -0.39 is 5.60 Å². The van der Waals surface area contributed by atoms with E-state index in [4.69, 9.17) is 14.2 Å². The zero-order valence-corrected chi connectivity index (χ0v) is 25.5. The van der Waals surface area contributed by atoms with E-state index in [2.05, 4.69) is 48.0 Å². The number of anilines is 1. The van der Waals surface area contributed by atoms with Crippen LogP contribution in [0.2, 0.25) is 0 Å². The van der Waals surface area contributed by atoms with E-state index in [0.29, 0.717) is 37.4 Å². The topological polar surface area (TPSA) is 94.8 Å². The second-order valence-electron chi connectivity index (χ2n) is 11.6. The molecular weight excluding hydrogens is 588 g/mol. The highest BCUT2D eigenvalue weighted by Gasteiger charge is 2.28. The molecule has 1 unspecified atom stereocenters. The number of nitrogens with zero attached hydrogens (tertiary/aromatic N) is 6. The maximum atomic E-state index is 12.6. The van der Waals surface area contributed by atoms with Gasteiger partial charge in [0, 0.05) is 42.6 Å². The lowest BCUT2D eigenvalue weighted by Crippen LogP contribution is -2.50. The number of rotatable bonds is 4. The van der Waals surface area contributed by atoms with Crippen molar-refractivity contribution in [2.24, 2.45) is 0 Å². The average molecular weight is 624 g/mol. The van der Waals surface area contributed by atoms with Gasteiger partial charge >= 0.3 is 6.09 Å². The molecule has 2 aliphatic heterocycles. The predicted octanol–water partition coefficient (Wildman–Crippen LogP) is 6.60. The Hall–Kier alpha value is -3.44. The minimum absolute atomic E-state index is 0.0606. The summed E-state index contributed by atoms with van der Waals surface area (Å²) in [4.78, 5) is 25.8. The SMILES string of the molecule is Cc1ccc2c(cnn2C2CCCCO2)c1Oc1cc(Br)cc2c(N3CCN(C(=O)OC(C)(C)C)CC3)ncnc12. The molecular formula is C30H35BrN6O4. The van der Waals surface area contributed by atoms with Crippen molar-refractivity contribution >= 4 is 49.6 Å². The Morgan fingerprint density at radius 3 is 2.61 bits per heavy atom. The maximum Gasteiger partial charge on any atom is 0.410 e. The van der Waals surface area contributed by atoms with E-state index in [0.717, 1.165) is 63.8 Å². The summed E-state index contributed by atoms with van der Waals surface area (Å²) in [7, 11) is 0. The number of ether oxygens (including phenoxy) is 3. The molecule has 0 N–H and O–H groups in total. The van der Waals surface area contributed by atoms with E-state index in [1.165, 1.54) is 0 Å². The Labute approximate surface area is 247 Å². The minimum Gasteiger partial charge on any atom is -0.454 e. The molecule has 4 heterocycles. The highest BCUT2D eigenvalue weighted by molar-refractivity contribution is 9.10. The lowest BCUT2D eigenvalue weighted by atomic mass is 10.1. The van der Waals surface area contributed by atoms with Gasteiger partial charge in [-0.2, -0.15) is 5.10 Å². The fraction of sp³-hybridized carbons (Fsp3) is 0.467. The summed E-state index contributed by atoms with van der Waals surface area (Å²) >= 11 is 3.68. The Morgan fingerprint density at radius 1 is 1.07 bits per heavy atom. The molecule has 216 valence electrons. The molecule has 4 aromatic rings. The van der Waals surface area contributed by atoms with Gasteiger partial charge in [0.25, 0.3) is 0 Å². The van der Waals surface area contributed by atoms with Crippen LogP contribution in [-0.2, 0) is 9.47 Å². The molecule has 1 atom stereocenters. The zero-order chi connectivity index (χ0) is 28.7. The third-order valence-corrected chi connectivity index (χ3v) is 7.90. The van der Waals surface area contributed by atoms with Crippen LogP contribution in [0.25, 0.3) is 21.8 Å². The van der Waals surface area contributed by atoms with Gasteiger partial charge in [-0.25, -0.2) is 19.4 Å². The summed E-state index contributed by atoms with van der Waals surface area (Å²) in [6, 6.07) is 8.10. The van der Waals surface area contributed by atoms with Crippen molar-refractivity contribution in [3.63, 3.8) is 0 Å². The van der Waals surface area contributed by atoms with E-state index in [-0.39, 0.29) is 12.3 Å². The smallest absolute Gasteiger partial charge is 0.410 e. The van der Waals surface area contributed by atoms with Crippen LogP contribution in [0.5, 0.6) is 11.5 Å². The third-order valence-electron chi connectivity index (χ3n) is 7.45. The molecule has 2 aliphatic rings. The van der Waals surface area contributed by atoms with Crippen molar-refractivity contribution in [1.82, 2.24) is 24.6 Å².